The highest BCUT2D eigenvalue weighted by Gasteiger charge is 2.43. The van der Waals surface area contributed by atoms with Crippen LogP contribution in [0.25, 0.3) is 0 Å². The summed E-state index contributed by atoms with van der Waals surface area (Å²) in [6, 6.07) is 9.74. The van der Waals surface area contributed by atoms with Crippen molar-refractivity contribution in [3.63, 3.8) is 0 Å². The second kappa shape index (κ2) is 6.76. The van der Waals surface area contributed by atoms with Gasteiger partial charge in [-0.05, 0) is 55.1 Å². The Kier molecular flexibility index (Phi) is 4.63. The average Bonchev–Trinajstić information content (AvgIpc) is 2.63. The van der Waals surface area contributed by atoms with Crippen LogP contribution >= 0.6 is 15.9 Å². The number of nitrogens with zero attached hydrogens (tertiary/aromatic N) is 2. The summed E-state index contributed by atoms with van der Waals surface area (Å²) < 4.78 is 29.7. The zero-order chi connectivity index (χ0) is 17.4. The molecule has 2 nitrogen and oxygen atoms in total. The van der Waals surface area contributed by atoms with Crippen molar-refractivity contribution in [3.05, 3.63) is 63.9 Å². The van der Waals surface area contributed by atoms with Crippen LogP contribution in [0.3, 0.4) is 0 Å². The number of likely N-dealkylation sites (tertiary alicyclic amines) is 1. The third kappa shape index (κ3) is 3.24. The van der Waals surface area contributed by atoms with Gasteiger partial charge < -0.3 is 0 Å². The highest BCUT2D eigenvalue weighted by atomic mass is 79.9. The Labute approximate surface area is 155 Å². The van der Waals surface area contributed by atoms with Gasteiger partial charge in [-0.1, -0.05) is 34.5 Å². The Morgan fingerprint density at radius 2 is 2.00 bits per heavy atom. The monoisotopic (exact) mass is 406 g/mol. The molecule has 2 atom stereocenters. The van der Waals surface area contributed by atoms with E-state index >= 15 is 0 Å². The molecule has 0 saturated carbocycles. The molecule has 1 aromatic heterocycles. The molecule has 0 N–H and O–H groups in total. The van der Waals surface area contributed by atoms with Gasteiger partial charge in [-0.3, -0.25) is 9.88 Å². The maximum Gasteiger partial charge on any atom is 0.273 e. The van der Waals surface area contributed by atoms with E-state index in [0.29, 0.717) is 10.9 Å². The molecule has 2 heterocycles. The molecule has 0 radical (unpaired) electrons. The van der Waals surface area contributed by atoms with Crippen LogP contribution in [0.4, 0.5) is 8.78 Å². The highest BCUT2D eigenvalue weighted by molar-refractivity contribution is 9.10. The van der Waals surface area contributed by atoms with Crippen LogP contribution in [0.2, 0.25) is 0 Å². The summed E-state index contributed by atoms with van der Waals surface area (Å²) in [4.78, 5) is 6.70. The minimum absolute atomic E-state index is 0.0493. The van der Waals surface area contributed by atoms with Gasteiger partial charge in [0.25, 0.3) is 5.92 Å². The molecule has 2 aliphatic rings. The van der Waals surface area contributed by atoms with Crippen molar-refractivity contribution in [1.82, 2.24) is 9.88 Å². The number of benzene rings is 1. The Bertz CT molecular complexity index is 751. The van der Waals surface area contributed by atoms with E-state index in [1.165, 1.54) is 12.0 Å². The molecule has 4 rings (SSSR count). The van der Waals surface area contributed by atoms with Crippen molar-refractivity contribution in [1.29, 1.82) is 0 Å². The van der Waals surface area contributed by atoms with Crippen molar-refractivity contribution in [2.45, 2.75) is 50.1 Å². The van der Waals surface area contributed by atoms with Crippen LogP contribution in [0.15, 0.2) is 47.2 Å². The third-order valence-electron chi connectivity index (χ3n) is 5.51. The Morgan fingerprint density at radius 3 is 2.80 bits per heavy atom. The molecular formula is C20H21BrF2N2. The van der Waals surface area contributed by atoms with Gasteiger partial charge in [-0.25, -0.2) is 8.78 Å². The average molecular weight is 407 g/mol. The molecule has 1 aliphatic heterocycles. The van der Waals surface area contributed by atoms with Gasteiger partial charge >= 0.3 is 0 Å². The maximum atomic E-state index is 14.5. The second-order valence-corrected chi connectivity index (χ2v) is 7.94. The lowest BCUT2D eigenvalue weighted by Crippen LogP contribution is -2.40. The fourth-order valence-electron chi connectivity index (χ4n) is 4.35. The van der Waals surface area contributed by atoms with E-state index in [-0.39, 0.29) is 24.1 Å². The first-order valence-electron chi connectivity index (χ1n) is 8.90. The molecule has 1 fully saturated rings. The number of aromatic nitrogens is 1. The molecule has 132 valence electrons. The molecule has 1 unspecified atom stereocenters. The zero-order valence-corrected chi connectivity index (χ0v) is 15.6. The van der Waals surface area contributed by atoms with Crippen LogP contribution in [-0.4, -0.2) is 16.4 Å². The first-order valence-corrected chi connectivity index (χ1v) is 9.69. The molecule has 25 heavy (non-hydrogen) atoms. The summed E-state index contributed by atoms with van der Waals surface area (Å²) in [5, 5.41) is 0. The van der Waals surface area contributed by atoms with Gasteiger partial charge in [-0.15, -0.1) is 0 Å². The lowest BCUT2D eigenvalue weighted by Gasteiger charge is -2.45. The molecule has 0 spiro atoms. The van der Waals surface area contributed by atoms with Crippen LogP contribution < -0.4 is 0 Å². The Hall–Kier alpha value is -1.33. The lowest BCUT2D eigenvalue weighted by molar-refractivity contribution is -0.0420. The fraction of sp³-hybridized carbons (Fsp3) is 0.450. The van der Waals surface area contributed by atoms with Gasteiger partial charge in [0.05, 0.1) is 0 Å². The summed E-state index contributed by atoms with van der Waals surface area (Å²) in [5.41, 5.74) is 2.17. The van der Waals surface area contributed by atoms with E-state index < -0.39 is 5.92 Å². The van der Waals surface area contributed by atoms with Crippen molar-refractivity contribution >= 4 is 15.9 Å². The fourth-order valence-corrected chi connectivity index (χ4v) is 4.71. The van der Waals surface area contributed by atoms with E-state index in [2.05, 4.69) is 31.9 Å². The summed E-state index contributed by atoms with van der Waals surface area (Å²) in [6.07, 6.45) is 7.47. The Balaban J connectivity index is 1.73. The molecule has 2 aromatic rings. The minimum atomic E-state index is -2.74. The smallest absolute Gasteiger partial charge is 0.273 e. The topological polar surface area (TPSA) is 16.1 Å². The van der Waals surface area contributed by atoms with Gasteiger partial charge in [0, 0.05) is 40.9 Å². The lowest BCUT2D eigenvalue weighted by atomic mass is 9.82. The largest absolute Gasteiger partial charge is 0.289 e. The molecule has 1 aromatic carbocycles. The number of hydrogen-bond acceptors (Lipinski definition) is 2. The summed E-state index contributed by atoms with van der Waals surface area (Å²) >= 11 is 3.35. The number of piperidine rings is 1. The van der Waals surface area contributed by atoms with E-state index in [4.69, 9.17) is 0 Å². The predicted octanol–water partition coefficient (Wildman–Crippen LogP) is 6.00. The van der Waals surface area contributed by atoms with Crippen molar-refractivity contribution in [2.24, 2.45) is 0 Å². The molecular weight excluding hydrogens is 386 g/mol. The molecule has 0 amide bonds. The van der Waals surface area contributed by atoms with E-state index in [1.54, 1.807) is 12.3 Å². The second-order valence-electron chi connectivity index (χ2n) is 7.03. The quantitative estimate of drug-likeness (QED) is 0.607. The zero-order valence-electron chi connectivity index (χ0n) is 14.0. The van der Waals surface area contributed by atoms with Gasteiger partial charge in [0.15, 0.2) is 0 Å². The summed E-state index contributed by atoms with van der Waals surface area (Å²) in [7, 11) is 0. The summed E-state index contributed by atoms with van der Waals surface area (Å²) in [6.45, 7) is 0.950. The van der Waals surface area contributed by atoms with Gasteiger partial charge in [0.1, 0.15) is 0 Å². The normalized spacial score (nSPS) is 26.2. The molecule has 1 aliphatic carbocycles. The highest BCUT2D eigenvalue weighted by Crippen LogP contribution is 2.49. The SMILES string of the molecule is FC1(F)CCC(N2CCCC[C@H]2c2cccnc2)c2ccc(Br)cc21. The van der Waals surface area contributed by atoms with E-state index in [9.17, 15) is 8.78 Å². The number of fused-ring (bicyclic) bond motifs is 1. The van der Waals surface area contributed by atoms with E-state index in [1.807, 2.05) is 24.4 Å². The number of halogens is 3. The number of rotatable bonds is 2. The number of pyridine rings is 1. The van der Waals surface area contributed by atoms with Crippen LogP contribution in [-0.2, 0) is 5.92 Å². The van der Waals surface area contributed by atoms with Crippen molar-refractivity contribution in [3.8, 4) is 0 Å². The van der Waals surface area contributed by atoms with Gasteiger partial charge in [-0.2, -0.15) is 0 Å². The third-order valence-corrected chi connectivity index (χ3v) is 6.01. The number of alkyl halides is 2. The van der Waals surface area contributed by atoms with Crippen LogP contribution in [0.5, 0.6) is 0 Å². The summed E-state index contributed by atoms with van der Waals surface area (Å²) in [5.74, 6) is -2.74. The Morgan fingerprint density at radius 1 is 1.12 bits per heavy atom. The molecule has 1 saturated heterocycles. The molecule has 0 bridgehead atoms. The van der Waals surface area contributed by atoms with Crippen molar-refractivity contribution < 1.29 is 8.78 Å². The maximum absolute atomic E-state index is 14.5. The van der Waals surface area contributed by atoms with Crippen molar-refractivity contribution in [2.75, 3.05) is 6.54 Å². The van der Waals surface area contributed by atoms with Crippen LogP contribution in [0.1, 0.15) is 60.9 Å². The van der Waals surface area contributed by atoms with E-state index in [0.717, 1.165) is 24.9 Å². The first kappa shape index (κ1) is 17.1. The number of hydrogen-bond donors (Lipinski definition) is 0. The molecule has 5 heteroatoms. The predicted molar refractivity (Wildman–Crippen MR) is 97.5 cm³/mol. The standard InChI is InChI=1S/C20H21BrF2N2/c21-15-6-7-16-17(12-15)20(22,23)9-8-19(16)25-11-2-1-5-18(25)14-4-3-10-24-13-14/h3-4,6-7,10,12-13,18-19H,1-2,5,8-9,11H2/t18-,19?/m0/s1. The van der Waals surface area contributed by atoms with Crippen LogP contribution in [0, 0.1) is 0 Å². The first-order chi connectivity index (χ1) is 12.1. The van der Waals surface area contributed by atoms with Gasteiger partial charge in [0.2, 0.25) is 0 Å². The minimum Gasteiger partial charge on any atom is -0.289 e.